The number of hydrogen-bond donors (Lipinski definition) is 2. The van der Waals surface area contributed by atoms with E-state index in [1.54, 1.807) is 11.4 Å². The van der Waals surface area contributed by atoms with Gasteiger partial charge in [0.2, 0.25) is 5.91 Å². The molecule has 0 spiro atoms. The Morgan fingerprint density at radius 1 is 1.45 bits per heavy atom. The van der Waals surface area contributed by atoms with E-state index in [1.165, 1.54) is 18.0 Å². The highest BCUT2D eigenvalue weighted by Crippen LogP contribution is 2.20. The first-order chi connectivity index (χ1) is 9.32. The Hall–Kier alpha value is -1.00. The van der Waals surface area contributed by atoms with Gasteiger partial charge < -0.3 is 15.1 Å². The minimum absolute atomic E-state index is 0.0207. The first-order valence-electron chi connectivity index (χ1n) is 5.96. The van der Waals surface area contributed by atoms with Crippen molar-refractivity contribution < 1.29 is 23.4 Å². The number of sulfonamides is 1. The molecule has 0 aliphatic carbocycles. The van der Waals surface area contributed by atoms with Crippen LogP contribution < -0.4 is 0 Å². The Bertz CT molecular complexity index is 562. The number of likely N-dealkylation sites (tertiary alicyclic amines) is 1. The molecule has 0 unspecified atom stereocenters. The van der Waals surface area contributed by atoms with Gasteiger partial charge in [0.05, 0.1) is 18.8 Å². The summed E-state index contributed by atoms with van der Waals surface area (Å²) in [6.07, 6.45) is -1.95. The predicted molar refractivity (Wildman–Crippen MR) is 72.7 cm³/mol. The Morgan fingerprint density at radius 3 is 2.55 bits per heavy atom. The van der Waals surface area contributed by atoms with E-state index in [0.29, 0.717) is 0 Å². The highest BCUT2D eigenvalue weighted by molar-refractivity contribution is 7.91. The van der Waals surface area contributed by atoms with Crippen molar-refractivity contribution >= 4 is 27.3 Å². The minimum Gasteiger partial charge on any atom is -0.388 e. The standard InChI is InChI=1S/C11H16N2O5S2/c1-12(20(17,18)11-3-2-4-19-11)7-10(16)13-5-8(14)9(15)6-13/h2-4,8-9,14-15H,5-7H2,1H3/t8-,9+. The maximum Gasteiger partial charge on any atom is 0.252 e. The van der Waals surface area contributed by atoms with E-state index in [2.05, 4.69) is 0 Å². The van der Waals surface area contributed by atoms with Gasteiger partial charge in [-0.15, -0.1) is 11.3 Å². The second kappa shape index (κ2) is 5.78. The van der Waals surface area contributed by atoms with Crippen LogP contribution in [0.1, 0.15) is 0 Å². The summed E-state index contributed by atoms with van der Waals surface area (Å²) >= 11 is 1.08. The fourth-order valence-electron chi connectivity index (χ4n) is 1.91. The van der Waals surface area contributed by atoms with Gasteiger partial charge in [0, 0.05) is 20.1 Å². The predicted octanol–water partition coefficient (Wildman–Crippen LogP) is -1.07. The van der Waals surface area contributed by atoms with Crippen LogP contribution in [0.4, 0.5) is 0 Å². The van der Waals surface area contributed by atoms with Crippen molar-refractivity contribution in [2.45, 2.75) is 16.4 Å². The lowest BCUT2D eigenvalue weighted by atomic mass is 10.3. The molecule has 9 heteroatoms. The molecule has 7 nitrogen and oxygen atoms in total. The van der Waals surface area contributed by atoms with Crippen LogP contribution in [0, 0.1) is 0 Å². The number of β-amino-alcohol motifs (C(OH)–C–C–N with tert-alkyl or cyclic N) is 2. The summed E-state index contributed by atoms with van der Waals surface area (Å²) in [5.74, 6) is -0.441. The van der Waals surface area contributed by atoms with E-state index in [4.69, 9.17) is 0 Å². The molecule has 1 fully saturated rings. The van der Waals surface area contributed by atoms with Gasteiger partial charge in [-0.1, -0.05) is 6.07 Å². The molecule has 1 amide bonds. The molecule has 1 aromatic rings. The zero-order chi connectivity index (χ0) is 14.9. The van der Waals surface area contributed by atoms with E-state index in [9.17, 15) is 23.4 Å². The summed E-state index contributed by atoms with van der Waals surface area (Å²) in [6, 6.07) is 3.10. The van der Waals surface area contributed by atoms with Crippen LogP contribution in [0.25, 0.3) is 0 Å². The van der Waals surface area contributed by atoms with Gasteiger partial charge in [0.15, 0.2) is 0 Å². The SMILES string of the molecule is CN(CC(=O)N1C[C@@H](O)[C@@H](O)C1)S(=O)(=O)c1cccs1. The molecule has 0 bridgehead atoms. The van der Waals surface area contributed by atoms with Crippen molar-refractivity contribution in [1.29, 1.82) is 0 Å². The lowest BCUT2D eigenvalue weighted by molar-refractivity contribution is -0.130. The maximum absolute atomic E-state index is 12.1. The van der Waals surface area contributed by atoms with Crippen molar-refractivity contribution in [1.82, 2.24) is 9.21 Å². The van der Waals surface area contributed by atoms with Gasteiger partial charge >= 0.3 is 0 Å². The molecule has 0 aromatic carbocycles. The van der Waals surface area contributed by atoms with E-state index < -0.39 is 28.1 Å². The Morgan fingerprint density at radius 2 is 2.05 bits per heavy atom. The van der Waals surface area contributed by atoms with Crippen LogP contribution in [-0.4, -0.2) is 72.6 Å². The third-order valence-corrected chi connectivity index (χ3v) is 6.31. The summed E-state index contributed by atoms with van der Waals surface area (Å²) in [5.41, 5.74) is 0. The van der Waals surface area contributed by atoms with Crippen LogP contribution in [-0.2, 0) is 14.8 Å². The third-order valence-electron chi connectivity index (χ3n) is 3.13. The molecular weight excluding hydrogens is 304 g/mol. The molecule has 2 rings (SSSR count). The van der Waals surface area contributed by atoms with Gasteiger partial charge in [-0.2, -0.15) is 4.31 Å². The molecule has 1 aromatic heterocycles. The Balaban J connectivity index is 2.02. The second-order valence-corrected chi connectivity index (χ2v) is 7.85. The number of nitrogens with zero attached hydrogens (tertiary/aromatic N) is 2. The third kappa shape index (κ3) is 3.01. The van der Waals surface area contributed by atoms with E-state index in [0.717, 1.165) is 15.6 Å². The summed E-state index contributed by atoms with van der Waals surface area (Å²) in [7, 11) is -2.34. The summed E-state index contributed by atoms with van der Waals surface area (Å²) in [5, 5.41) is 20.4. The van der Waals surface area contributed by atoms with Gasteiger partial charge in [-0.3, -0.25) is 4.79 Å². The first kappa shape index (κ1) is 15.4. The molecule has 0 radical (unpaired) electrons. The number of thiophene rings is 1. The van der Waals surface area contributed by atoms with Crippen LogP contribution >= 0.6 is 11.3 Å². The summed E-state index contributed by atoms with van der Waals surface area (Å²) < 4.78 is 25.4. The average molecular weight is 320 g/mol. The fraction of sp³-hybridized carbons (Fsp3) is 0.545. The normalized spacial score (nSPS) is 23.5. The van der Waals surface area contributed by atoms with Gasteiger partial charge in [0.1, 0.15) is 4.21 Å². The minimum atomic E-state index is -3.67. The number of aliphatic hydroxyl groups excluding tert-OH is 2. The van der Waals surface area contributed by atoms with Crippen LogP contribution in [0.2, 0.25) is 0 Å². The summed E-state index contributed by atoms with van der Waals surface area (Å²) in [6.45, 7) is -0.278. The number of amides is 1. The van der Waals surface area contributed by atoms with Crippen LogP contribution in [0.15, 0.2) is 21.7 Å². The lowest BCUT2D eigenvalue weighted by Crippen LogP contribution is -2.40. The first-order valence-corrected chi connectivity index (χ1v) is 8.28. The topological polar surface area (TPSA) is 98.2 Å². The van der Waals surface area contributed by atoms with Gasteiger partial charge in [-0.05, 0) is 11.4 Å². The zero-order valence-corrected chi connectivity index (χ0v) is 12.5. The highest BCUT2D eigenvalue weighted by Gasteiger charge is 2.34. The summed E-state index contributed by atoms with van der Waals surface area (Å²) in [4.78, 5) is 13.2. The quantitative estimate of drug-likeness (QED) is 0.736. The molecule has 1 aliphatic heterocycles. The van der Waals surface area contributed by atoms with Crippen molar-refractivity contribution in [2.75, 3.05) is 26.7 Å². The Labute approximate surface area is 121 Å². The Kier molecular flexibility index (Phi) is 4.45. The lowest BCUT2D eigenvalue weighted by Gasteiger charge is -2.20. The molecule has 20 heavy (non-hydrogen) atoms. The monoisotopic (exact) mass is 320 g/mol. The van der Waals surface area contributed by atoms with Crippen LogP contribution in [0.3, 0.4) is 0 Å². The number of carbonyl (C=O) groups excluding carboxylic acids is 1. The van der Waals surface area contributed by atoms with Crippen molar-refractivity contribution in [2.24, 2.45) is 0 Å². The zero-order valence-electron chi connectivity index (χ0n) is 10.8. The number of rotatable bonds is 4. The van der Waals surface area contributed by atoms with Gasteiger partial charge in [0.25, 0.3) is 10.0 Å². The molecular formula is C11H16N2O5S2. The smallest absolute Gasteiger partial charge is 0.252 e. The second-order valence-electron chi connectivity index (χ2n) is 4.63. The van der Waals surface area contributed by atoms with Crippen LogP contribution in [0.5, 0.6) is 0 Å². The average Bonchev–Trinajstić information content (AvgIpc) is 3.00. The number of hydrogen-bond acceptors (Lipinski definition) is 6. The highest BCUT2D eigenvalue weighted by atomic mass is 32.2. The maximum atomic E-state index is 12.1. The molecule has 112 valence electrons. The number of carbonyl (C=O) groups is 1. The van der Waals surface area contributed by atoms with Crippen molar-refractivity contribution in [3.8, 4) is 0 Å². The number of likely N-dealkylation sites (N-methyl/N-ethyl adjacent to an activating group) is 1. The molecule has 2 atom stereocenters. The fourth-order valence-corrected chi connectivity index (χ4v) is 4.23. The molecule has 1 aliphatic rings. The number of aliphatic hydroxyl groups is 2. The van der Waals surface area contributed by atoms with Crippen molar-refractivity contribution in [3.05, 3.63) is 17.5 Å². The molecule has 2 heterocycles. The van der Waals surface area contributed by atoms with Gasteiger partial charge in [-0.25, -0.2) is 8.42 Å². The molecule has 1 saturated heterocycles. The van der Waals surface area contributed by atoms with E-state index in [1.807, 2.05) is 0 Å². The van der Waals surface area contributed by atoms with E-state index >= 15 is 0 Å². The van der Waals surface area contributed by atoms with E-state index in [-0.39, 0.29) is 23.8 Å². The largest absolute Gasteiger partial charge is 0.388 e. The van der Waals surface area contributed by atoms with Crippen molar-refractivity contribution in [3.63, 3.8) is 0 Å². The molecule has 2 N–H and O–H groups in total. The molecule has 0 saturated carbocycles.